The minimum atomic E-state index is -3.66. The molecule has 1 heterocycles. The zero-order valence-corrected chi connectivity index (χ0v) is 14.4. The Morgan fingerprint density at radius 1 is 1.00 bits per heavy atom. The van der Waals surface area contributed by atoms with E-state index < -0.39 is 9.84 Å². The monoisotopic (exact) mass is 359 g/mol. The Labute approximate surface area is 145 Å². The third-order valence-corrected chi connectivity index (χ3v) is 5.67. The first-order valence-corrected chi connectivity index (χ1v) is 9.04. The maximum atomic E-state index is 12.9. The van der Waals surface area contributed by atoms with Crippen LogP contribution < -0.4 is 4.74 Å². The molecule has 1 aromatic heterocycles. The second-order valence-corrected chi connectivity index (χ2v) is 7.46. The first kappa shape index (κ1) is 16.5. The molecular formula is C18H14ClNO3S. The van der Waals surface area contributed by atoms with Crippen LogP contribution in [-0.4, -0.2) is 13.4 Å². The molecule has 3 rings (SSSR count). The fourth-order valence-electron chi connectivity index (χ4n) is 2.23. The number of benzene rings is 2. The van der Waals surface area contributed by atoms with Crippen LogP contribution in [0.5, 0.6) is 11.6 Å². The van der Waals surface area contributed by atoms with Crippen LogP contribution in [-0.2, 0) is 9.84 Å². The molecule has 0 aliphatic rings. The molecule has 0 bridgehead atoms. The van der Waals surface area contributed by atoms with Crippen molar-refractivity contribution in [3.05, 3.63) is 77.4 Å². The third-order valence-electron chi connectivity index (χ3n) is 3.45. The number of aromatic nitrogens is 1. The molecule has 2 aromatic carbocycles. The molecule has 0 unspecified atom stereocenters. The van der Waals surface area contributed by atoms with Crippen LogP contribution in [0, 0.1) is 6.92 Å². The topological polar surface area (TPSA) is 56.3 Å². The highest BCUT2D eigenvalue weighted by molar-refractivity contribution is 7.91. The van der Waals surface area contributed by atoms with Crippen molar-refractivity contribution in [2.75, 3.05) is 0 Å². The average Bonchev–Trinajstić information content (AvgIpc) is 2.58. The van der Waals surface area contributed by atoms with E-state index >= 15 is 0 Å². The Balaban J connectivity index is 2.04. The minimum Gasteiger partial charge on any atom is -0.437 e. The van der Waals surface area contributed by atoms with Gasteiger partial charge in [-0.05, 0) is 36.8 Å². The number of pyridine rings is 1. The van der Waals surface area contributed by atoms with Gasteiger partial charge in [-0.15, -0.1) is 0 Å². The van der Waals surface area contributed by atoms with Crippen molar-refractivity contribution in [2.24, 2.45) is 0 Å². The van der Waals surface area contributed by atoms with E-state index in [0.717, 1.165) is 0 Å². The van der Waals surface area contributed by atoms with Gasteiger partial charge in [-0.1, -0.05) is 35.9 Å². The van der Waals surface area contributed by atoms with Gasteiger partial charge in [0.2, 0.25) is 15.7 Å². The average molecular weight is 360 g/mol. The van der Waals surface area contributed by atoms with Gasteiger partial charge in [0.15, 0.2) is 0 Å². The molecule has 0 aliphatic heterocycles. The van der Waals surface area contributed by atoms with Crippen molar-refractivity contribution in [2.45, 2.75) is 16.7 Å². The summed E-state index contributed by atoms with van der Waals surface area (Å²) in [6.07, 6.45) is 1.58. The lowest BCUT2D eigenvalue weighted by molar-refractivity contribution is 0.461. The van der Waals surface area contributed by atoms with Crippen LogP contribution >= 0.6 is 11.6 Å². The summed E-state index contributed by atoms with van der Waals surface area (Å²) in [4.78, 5) is 4.43. The maximum Gasteiger partial charge on any atom is 0.219 e. The summed E-state index contributed by atoms with van der Waals surface area (Å²) in [5.41, 5.74) is 0.680. The third kappa shape index (κ3) is 3.27. The van der Waals surface area contributed by atoms with Gasteiger partial charge in [-0.3, -0.25) is 0 Å². The molecule has 3 aromatic rings. The number of hydrogen-bond acceptors (Lipinski definition) is 4. The molecule has 0 saturated heterocycles. The van der Waals surface area contributed by atoms with Crippen LogP contribution in [0.1, 0.15) is 5.56 Å². The quantitative estimate of drug-likeness (QED) is 0.679. The summed E-state index contributed by atoms with van der Waals surface area (Å²) in [6.45, 7) is 1.76. The summed E-state index contributed by atoms with van der Waals surface area (Å²) < 4.78 is 31.3. The molecule has 0 amide bonds. The van der Waals surface area contributed by atoms with Crippen molar-refractivity contribution in [1.82, 2.24) is 4.98 Å². The van der Waals surface area contributed by atoms with Crippen molar-refractivity contribution in [1.29, 1.82) is 0 Å². The standard InChI is InChI=1S/C18H14ClNO3S/c1-13-6-2-3-7-17(13)24(21,22)14-9-10-15(19)16(12-14)23-18-8-4-5-11-20-18/h2-12H,1H3. The summed E-state index contributed by atoms with van der Waals surface area (Å²) >= 11 is 6.13. The van der Waals surface area contributed by atoms with Crippen molar-refractivity contribution in [3.8, 4) is 11.6 Å². The van der Waals surface area contributed by atoms with Crippen LogP contribution in [0.3, 0.4) is 0 Å². The van der Waals surface area contributed by atoms with E-state index in [0.29, 0.717) is 16.5 Å². The number of aryl methyl sites for hydroxylation is 1. The molecule has 24 heavy (non-hydrogen) atoms. The minimum absolute atomic E-state index is 0.118. The first-order valence-electron chi connectivity index (χ1n) is 7.17. The van der Waals surface area contributed by atoms with E-state index in [1.54, 1.807) is 55.6 Å². The first-order chi connectivity index (χ1) is 11.5. The normalized spacial score (nSPS) is 11.2. The fraction of sp³-hybridized carbons (Fsp3) is 0.0556. The van der Waals surface area contributed by atoms with Crippen LogP contribution in [0.25, 0.3) is 0 Å². The molecule has 0 saturated carbocycles. The van der Waals surface area contributed by atoms with E-state index in [1.165, 1.54) is 18.2 Å². The van der Waals surface area contributed by atoms with Crippen LogP contribution in [0.2, 0.25) is 5.02 Å². The number of nitrogens with zero attached hydrogens (tertiary/aromatic N) is 1. The molecule has 0 atom stereocenters. The van der Waals surface area contributed by atoms with Crippen molar-refractivity contribution >= 4 is 21.4 Å². The smallest absolute Gasteiger partial charge is 0.219 e. The number of rotatable bonds is 4. The van der Waals surface area contributed by atoms with Crippen LogP contribution in [0.15, 0.2) is 76.7 Å². The summed E-state index contributed by atoms with van der Waals surface area (Å²) in [6, 6.07) is 16.4. The second-order valence-electron chi connectivity index (χ2n) is 5.13. The SMILES string of the molecule is Cc1ccccc1S(=O)(=O)c1ccc(Cl)c(Oc2ccccn2)c1. The number of halogens is 1. The summed E-state index contributed by atoms with van der Waals surface area (Å²) in [5.74, 6) is 0.579. The summed E-state index contributed by atoms with van der Waals surface area (Å²) in [7, 11) is -3.66. The second kappa shape index (κ2) is 6.63. The Hall–Kier alpha value is -2.37. The highest BCUT2D eigenvalue weighted by atomic mass is 35.5. The van der Waals surface area contributed by atoms with Gasteiger partial charge in [0.05, 0.1) is 14.8 Å². The highest BCUT2D eigenvalue weighted by Crippen LogP contribution is 2.33. The van der Waals surface area contributed by atoms with Gasteiger partial charge < -0.3 is 4.74 Å². The molecule has 0 fully saturated rings. The Bertz CT molecular complexity index is 973. The van der Waals surface area contributed by atoms with Gasteiger partial charge in [0.25, 0.3) is 0 Å². The van der Waals surface area contributed by atoms with E-state index in [9.17, 15) is 8.42 Å². The van der Waals surface area contributed by atoms with E-state index in [2.05, 4.69) is 4.98 Å². The van der Waals surface area contributed by atoms with Gasteiger partial charge in [-0.25, -0.2) is 13.4 Å². The number of hydrogen-bond donors (Lipinski definition) is 0. The van der Waals surface area contributed by atoms with Crippen LogP contribution in [0.4, 0.5) is 0 Å². The van der Waals surface area contributed by atoms with E-state index in [-0.39, 0.29) is 15.5 Å². The van der Waals surface area contributed by atoms with Crippen molar-refractivity contribution in [3.63, 3.8) is 0 Å². The van der Waals surface area contributed by atoms with Gasteiger partial charge in [0, 0.05) is 18.3 Å². The lowest BCUT2D eigenvalue weighted by Gasteiger charge is -2.11. The molecular weight excluding hydrogens is 346 g/mol. The molecule has 4 nitrogen and oxygen atoms in total. The molecule has 122 valence electrons. The Morgan fingerprint density at radius 3 is 2.46 bits per heavy atom. The predicted octanol–water partition coefficient (Wildman–Crippen LogP) is 4.67. The lowest BCUT2D eigenvalue weighted by Crippen LogP contribution is -2.04. The number of ether oxygens (including phenoxy) is 1. The Kier molecular flexibility index (Phi) is 4.55. The molecule has 0 N–H and O–H groups in total. The van der Waals surface area contributed by atoms with Crippen molar-refractivity contribution < 1.29 is 13.2 Å². The molecule has 0 aliphatic carbocycles. The molecule has 0 radical (unpaired) electrons. The van der Waals surface area contributed by atoms with E-state index in [1.807, 2.05) is 0 Å². The van der Waals surface area contributed by atoms with Gasteiger partial charge >= 0.3 is 0 Å². The Morgan fingerprint density at radius 2 is 1.75 bits per heavy atom. The maximum absolute atomic E-state index is 12.9. The highest BCUT2D eigenvalue weighted by Gasteiger charge is 2.21. The largest absolute Gasteiger partial charge is 0.437 e. The zero-order chi connectivity index (χ0) is 17.2. The van der Waals surface area contributed by atoms with E-state index in [4.69, 9.17) is 16.3 Å². The van der Waals surface area contributed by atoms with Gasteiger partial charge in [-0.2, -0.15) is 0 Å². The summed E-state index contributed by atoms with van der Waals surface area (Å²) in [5, 5.41) is 0.310. The lowest BCUT2D eigenvalue weighted by atomic mass is 10.2. The molecule has 6 heteroatoms. The molecule has 0 spiro atoms. The zero-order valence-electron chi connectivity index (χ0n) is 12.8. The number of sulfone groups is 1. The van der Waals surface area contributed by atoms with Gasteiger partial charge in [0.1, 0.15) is 5.75 Å². The fourth-order valence-corrected chi connectivity index (χ4v) is 3.90. The predicted molar refractivity (Wildman–Crippen MR) is 92.4 cm³/mol.